The van der Waals surface area contributed by atoms with Crippen LogP contribution in [0.25, 0.3) is 5.69 Å². The maximum Gasteiger partial charge on any atom is 0.360 e. The van der Waals surface area contributed by atoms with Gasteiger partial charge in [0.15, 0.2) is 11.6 Å². The van der Waals surface area contributed by atoms with Crippen LogP contribution in [-0.4, -0.2) is 20.9 Å². The molecule has 1 heterocycles. The second-order valence-electron chi connectivity index (χ2n) is 3.94. The summed E-state index contributed by atoms with van der Waals surface area (Å²) in [4.78, 5) is 22.2. The van der Waals surface area contributed by atoms with Crippen LogP contribution in [0.2, 0.25) is 0 Å². The lowest BCUT2D eigenvalue weighted by molar-refractivity contribution is 0.0686. The Bertz CT molecular complexity index is 771. The van der Waals surface area contributed by atoms with E-state index in [9.17, 15) is 22.8 Å². The smallest absolute Gasteiger partial charge is 0.360 e. The largest absolute Gasteiger partial charge is 0.476 e. The minimum absolute atomic E-state index is 0.0314. The fraction of sp³-hybridized carbons (Fsp3) is 0.0833. The predicted molar refractivity (Wildman–Crippen MR) is 61.4 cm³/mol. The summed E-state index contributed by atoms with van der Waals surface area (Å²) in [5.41, 5.74) is -2.35. The number of carbonyl (C=O) groups is 1. The van der Waals surface area contributed by atoms with E-state index in [0.29, 0.717) is 16.8 Å². The van der Waals surface area contributed by atoms with Crippen LogP contribution in [0.15, 0.2) is 23.0 Å². The van der Waals surface area contributed by atoms with E-state index in [2.05, 4.69) is 5.10 Å². The van der Waals surface area contributed by atoms with E-state index < -0.39 is 40.2 Å². The molecule has 0 fully saturated rings. The number of carboxylic acids is 1. The zero-order valence-corrected chi connectivity index (χ0v) is 10.0. The van der Waals surface area contributed by atoms with Crippen LogP contribution in [0.5, 0.6) is 0 Å². The third-order valence-corrected chi connectivity index (χ3v) is 2.51. The first-order valence-corrected chi connectivity index (χ1v) is 5.30. The Balaban J connectivity index is 2.79. The molecule has 0 spiro atoms. The van der Waals surface area contributed by atoms with E-state index in [1.54, 1.807) is 0 Å². The fourth-order valence-corrected chi connectivity index (χ4v) is 1.64. The summed E-state index contributed by atoms with van der Waals surface area (Å²) in [6, 6.07) is 1.88. The minimum Gasteiger partial charge on any atom is -0.476 e. The predicted octanol–water partition coefficient (Wildman–Crippen LogP) is 1.66. The molecule has 5 nitrogen and oxygen atoms in total. The third kappa shape index (κ3) is 2.27. The first kappa shape index (κ1) is 13.8. The van der Waals surface area contributed by atoms with Crippen molar-refractivity contribution in [2.75, 3.05) is 0 Å². The fourth-order valence-electron chi connectivity index (χ4n) is 1.64. The van der Waals surface area contributed by atoms with Crippen molar-refractivity contribution in [2.24, 2.45) is 0 Å². The molecule has 2 rings (SSSR count). The SMILES string of the molecule is Cc1cc(=O)c(C(=O)O)nn1-c1cc(F)cc(F)c1F. The molecule has 1 N–H and O–H groups in total. The zero-order valence-electron chi connectivity index (χ0n) is 10.0. The summed E-state index contributed by atoms with van der Waals surface area (Å²) < 4.78 is 40.6. The van der Waals surface area contributed by atoms with Gasteiger partial charge in [0.05, 0.1) is 0 Å². The Morgan fingerprint density at radius 2 is 1.90 bits per heavy atom. The first-order chi connectivity index (χ1) is 9.31. The molecule has 0 aliphatic heterocycles. The number of benzene rings is 1. The van der Waals surface area contributed by atoms with Gasteiger partial charge in [-0.2, -0.15) is 5.10 Å². The highest BCUT2D eigenvalue weighted by molar-refractivity contribution is 5.84. The van der Waals surface area contributed by atoms with E-state index in [0.717, 1.165) is 6.07 Å². The lowest BCUT2D eigenvalue weighted by atomic mass is 10.2. The number of aromatic carboxylic acids is 1. The van der Waals surface area contributed by atoms with Crippen molar-refractivity contribution >= 4 is 5.97 Å². The Morgan fingerprint density at radius 3 is 2.50 bits per heavy atom. The average Bonchev–Trinajstić information content (AvgIpc) is 2.33. The van der Waals surface area contributed by atoms with Gasteiger partial charge in [-0.25, -0.2) is 22.6 Å². The van der Waals surface area contributed by atoms with Crippen molar-refractivity contribution in [3.8, 4) is 5.69 Å². The van der Waals surface area contributed by atoms with Crippen LogP contribution < -0.4 is 5.43 Å². The zero-order chi connectivity index (χ0) is 15.0. The van der Waals surface area contributed by atoms with Crippen molar-refractivity contribution in [1.29, 1.82) is 0 Å². The van der Waals surface area contributed by atoms with Gasteiger partial charge < -0.3 is 5.11 Å². The number of carboxylic acid groups (broad SMARTS) is 1. The second kappa shape index (κ2) is 4.80. The third-order valence-electron chi connectivity index (χ3n) is 2.51. The maximum atomic E-state index is 13.7. The molecule has 20 heavy (non-hydrogen) atoms. The van der Waals surface area contributed by atoms with Crippen LogP contribution in [0.4, 0.5) is 13.2 Å². The number of aryl methyl sites for hydroxylation is 1. The van der Waals surface area contributed by atoms with Crippen LogP contribution in [0, 0.1) is 24.4 Å². The van der Waals surface area contributed by atoms with Crippen LogP contribution >= 0.6 is 0 Å². The summed E-state index contributed by atoms with van der Waals surface area (Å²) in [6.45, 7) is 1.32. The molecule has 0 atom stereocenters. The van der Waals surface area contributed by atoms with Crippen LogP contribution in [-0.2, 0) is 0 Å². The van der Waals surface area contributed by atoms with E-state index >= 15 is 0 Å². The molecular weight excluding hydrogens is 277 g/mol. The van der Waals surface area contributed by atoms with Crippen LogP contribution in [0.1, 0.15) is 16.2 Å². The van der Waals surface area contributed by atoms with Crippen molar-refractivity contribution in [3.05, 3.63) is 57.3 Å². The summed E-state index contributed by atoms with van der Waals surface area (Å²) in [6.07, 6.45) is 0. The van der Waals surface area contributed by atoms with Gasteiger partial charge in [-0.15, -0.1) is 0 Å². The molecule has 0 bridgehead atoms. The van der Waals surface area contributed by atoms with Crippen molar-refractivity contribution in [1.82, 2.24) is 9.78 Å². The quantitative estimate of drug-likeness (QED) is 0.851. The molecule has 0 aliphatic carbocycles. The number of aromatic nitrogens is 2. The molecule has 0 saturated carbocycles. The molecule has 2 aromatic rings. The van der Waals surface area contributed by atoms with Crippen molar-refractivity contribution in [3.63, 3.8) is 0 Å². The molecule has 0 radical (unpaired) electrons. The van der Waals surface area contributed by atoms with Gasteiger partial charge in [0.25, 0.3) is 0 Å². The molecule has 0 unspecified atom stereocenters. The highest BCUT2D eigenvalue weighted by Gasteiger charge is 2.18. The number of hydrogen-bond donors (Lipinski definition) is 1. The molecule has 1 aromatic heterocycles. The van der Waals surface area contributed by atoms with Crippen molar-refractivity contribution < 1.29 is 23.1 Å². The van der Waals surface area contributed by atoms with Gasteiger partial charge in [-0.1, -0.05) is 0 Å². The van der Waals surface area contributed by atoms with Gasteiger partial charge in [0.1, 0.15) is 11.5 Å². The number of hydrogen-bond acceptors (Lipinski definition) is 3. The van der Waals surface area contributed by atoms with Gasteiger partial charge >= 0.3 is 5.97 Å². The summed E-state index contributed by atoms with van der Waals surface area (Å²) in [7, 11) is 0. The molecule has 0 saturated heterocycles. The van der Waals surface area contributed by atoms with E-state index in [1.807, 2.05) is 0 Å². The van der Waals surface area contributed by atoms with Gasteiger partial charge in [-0.05, 0) is 6.92 Å². The monoisotopic (exact) mass is 284 g/mol. The van der Waals surface area contributed by atoms with E-state index in [1.165, 1.54) is 6.92 Å². The molecule has 1 aromatic carbocycles. The van der Waals surface area contributed by atoms with Gasteiger partial charge in [-0.3, -0.25) is 4.79 Å². The lowest BCUT2D eigenvalue weighted by Gasteiger charge is -2.11. The molecule has 0 aliphatic rings. The van der Waals surface area contributed by atoms with E-state index in [-0.39, 0.29) is 5.69 Å². The second-order valence-corrected chi connectivity index (χ2v) is 3.94. The maximum absolute atomic E-state index is 13.7. The minimum atomic E-state index is -1.62. The van der Waals surface area contributed by atoms with Gasteiger partial charge in [0.2, 0.25) is 11.1 Å². The Kier molecular flexibility index (Phi) is 3.31. The van der Waals surface area contributed by atoms with Crippen LogP contribution in [0.3, 0.4) is 0 Å². The number of halogens is 3. The Hall–Kier alpha value is -2.64. The summed E-state index contributed by atoms with van der Waals surface area (Å²) in [5.74, 6) is -5.53. The lowest BCUT2D eigenvalue weighted by Crippen LogP contribution is -2.23. The normalized spacial score (nSPS) is 10.6. The topological polar surface area (TPSA) is 72.2 Å². The Morgan fingerprint density at radius 1 is 1.25 bits per heavy atom. The number of rotatable bonds is 2. The van der Waals surface area contributed by atoms with Gasteiger partial charge in [0, 0.05) is 23.9 Å². The highest BCUT2D eigenvalue weighted by atomic mass is 19.2. The molecular formula is C12H7F3N2O3. The highest BCUT2D eigenvalue weighted by Crippen LogP contribution is 2.18. The Labute approximate surface area is 109 Å². The number of nitrogens with zero attached hydrogens (tertiary/aromatic N) is 2. The standard InChI is InChI=1S/C12H7F3N2O3/c1-5-2-9(18)11(12(19)20)16-17(5)8-4-6(13)3-7(14)10(8)15/h2-4H,1H3,(H,19,20). The van der Waals surface area contributed by atoms with Crippen molar-refractivity contribution in [2.45, 2.75) is 6.92 Å². The average molecular weight is 284 g/mol. The molecule has 0 amide bonds. The molecule has 104 valence electrons. The summed E-state index contributed by atoms with van der Waals surface area (Å²) in [5, 5.41) is 12.2. The first-order valence-electron chi connectivity index (χ1n) is 5.30. The van der Waals surface area contributed by atoms with E-state index in [4.69, 9.17) is 5.11 Å². The summed E-state index contributed by atoms with van der Waals surface area (Å²) >= 11 is 0. The molecule has 8 heteroatoms.